The van der Waals surface area contributed by atoms with Crippen LogP contribution in [-0.2, 0) is 9.47 Å². The summed E-state index contributed by atoms with van der Waals surface area (Å²) in [7, 11) is 0. The van der Waals surface area contributed by atoms with Gasteiger partial charge in [0.25, 0.3) is 0 Å². The second-order valence-corrected chi connectivity index (χ2v) is 3.87. The number of alkyl halides is 1. The first-order chi connectivity index (χ1) is 7.93. The molecule has 0 aromatic heterocycles. The first-order valence-corrected chi connectivity index (χ1v) is 6.45. The maximum atomic E-state index is 5.46. The van der Waals surface area contributed by atoms with E-state index in [1.165, 1.54) is 0 Å². The summed E-state index contributed by atoms with van der Waals surface area (Å²) in [4.78, 5) is 0. The molecule has 0 saturated carbocycles. The average molecular weight is 289 g/mol. The molecule has 0 N–H and O–H groups in total. The summed E-state index contributed by atoms with van der Waals surface area (Å²) < 4.78 is 16.0. The van der Waals surface area contributed by atoms with E-state index in [0.717, 1.165) is 17.7 Å². The van der Waals surface area contributed by atoms with Crippen LogP contribution < -0.4 is 4.74 Å². The van der Waals surface area contributed by atoms with Crippen LogP contribution in [-0.4, -0.2) is 38.4 Å². The molecule has 4 heteroatoms. The summed E-state index contributed by atoms with van der Waals surface area (Å²) in [5.74, 6) is 0.877. The summed E-state index contributed by atoms with van der Waals surface area (Å²) in [6, 6.07) is 9.72. The van der Waals surface area contributed by atoms with Gasteiger partial charge in [0, 0.05) is 5.33 Å². The Kier molecular flexibility index (Phi) is 8.12. The summed E-state index contributed by atoms with van der Waals surface area (Å²) >= 11 is 3.28. The SMILES string of the molecule is BrCCOCCOCCOc1ccccc1. The van der Waals surface area contributed by atoms with Crippen molar-refractivity contribution in [2.45, 2.75) is 0 Å². The van der Waals surface area contributed by atoms with Crippen molar-refractivity contribution >= 4 is 15.9 Å². The van der Waals surface area contributed by atoms with Gasteiger partial charge in [-0.15, -0.1) is 0 Å². The fraction of sp³-hybridized carbons (Fsp3) is 0.500. The monoisotopic (exact) mass is 288 g/mol. The molecule has 0 spiro atoms. The topological polar surface area (TPSA) is 27.7 Å². The first kappa shape index (κ1) is 13.5. The van der Waals surface area contributed by atoms with E-state index >= 15 is 0 Å². The van der Waals surface area contributed by atoms with Crippen LogP contribution in [0, 0.1) is 0 Å². The van der Waals surface area contributed by atoms with Gasteiger partial charge in [0.05, 0.1) is 26.4 Å². The lowest BCUT2D eigenvalue weighted by molar-refractivity contribution is 0.0414. The maximum absolute atomic E-state index is 5.46. The fourth-order valence-electron chi connectivity index (χ4n) is 1.11. The standard InChI is InChI=1S/C12H17BrO3/c13-6-7-14-8-9-15-10-11-16-12-4-2-1-3-5-12/h1-5H,6-11H2. The third kappa shape index (κ3) is 6.82. The Morgan fingerprint density at radius 1 is 0.812 bits per heavy atom. The molecule has 16 heavy (non-hydrogen) atoms. The molecule has 0 saturated heterocycles. The van der Waals surface area contributed by atoms with Gasteiger partial charge in [-0.25, -0.2) is 0 Å². The number of hydrogen-bond donors (Lipinski definition) is 0. The molecule has 0 aliphatic rings. The van der Waals surface area contributed by atoms with Gasteiger partial charge >= 0.3 is 0 Å². The minimum atomic E-state index is 0.572. The predicted octanol–water partition coefficient (Wildman–Crippen LogP) is 2.49. The highest BCUT2D eigenvalue weighted by Gasteiger charge is 1.92. The van der Waals surface area contributed by atoms with Crippen molar-refractivity contribution in [2.24, 2.45) is 0 Å². The van der Waals surface area contributed by atoms with E-state index in [1.54, 1.807) is 0 Å². The number of hydrogen-bond acceptors (Lipinski definition) is 3. The molecule has 0 bridgehead atoms. The van der Waals surface area contributed by atoms with Gasteiger partial charge in [0.2, 0.25) is 0 Å². The third-order valence-electron chi connectivity index (χ3n) is 1.83. The van der Waals surface area contributed by atoms with Crippen LogP contribution in [0.4, 0.5) is 0 Å². The van der Waals surface area contributed by atoms with E-state index in [1.807, 2.05) is 30.3 Å². The van der Waals surface area contributed by atoms with E-state index in [4.69, 9.17) is 14.2 Å². The van der Waals surface area contributed by atoms with Gasteiger partial charge in [-0.05, 0) is 12.1 Å². The van der Waals surface area contributed by atoms with E-state index in [9.17, 15) is 0 Å². The van der Waals surface area contributed by atoms with Crippen LogP contribution in [0.25, 0.3) is 0 Å². The Labute approximate surface area is 105 Å². The molecule has 0 radical (unpaired) electrons. The first-order valence-electron chi connectivity index (χ1n) is 5.33. The van der Waals surface area contributed by atoms with Crippen LogP contribution in [0.3, 0.4) is 0 Å². The molecule has 3 nitrogen and oxygen atoms in total. The van der Waals surface area contributed by atoms with Crippen molar-refractivity contribution in [3.8, 4) is 5.75 Å². The normalized spacial score (nSPS) is 10.3. The highest BCUT2D eigenvalue weighted by atomic mass is 79.9. The molecule has 0 aliphatic carbocycles. The summed E-state index contributed by atoms with van der Waals surface area (Å²) in [6.07, 6.45) is 0. The van der Waals surface area contributed by atoms with Crippen LogP contribution in [0.5, 0.6) is 5.75 Å². The summed E-state index contributed by atoms with van der Waals surface area (Å²) in [5.41, 5.74) is 0. The van der Waals surface area contributed by atoms with Gasteiger partial charge in [-0.1, -0.05) is 34.1 Å². The van der Waals surface area contributed by atoms with Gasteiger partial charge in [-0.2, -0.15) is 0 Å². The maximum Gasteiger partial charge on any atom is 0.119 e. The van der Waals surface area contributed by atoms with Crippen molar-refractivity contribution in [2.75, 3.05) is 38.4 Å². The van der Waals surface area contributed by atoms with Gasteiger partial charge < -0.3 is 14.2 Å². The molecule has 0 aliphatic heterocycles. The Morgan fingerprint density at radius 2 is 1.44 bits per heavy atom. The number of benzene rings is 1. The number of halogens is 1. The highest BCUT2D eigenvalue weighted by molar-refractivity contribution is 9.09. The molecule has 0 heterocycles. The third-order valence-corrected chi connectivity index (χ3v) is 2.16. The lowest BCUT2D eigenvalue weighted by atomic mass is 10.3. The fourth-order valence-corrected chi connectivity index (χ4v) is 1.34. The zero-order valence-corrected chi connectivity index (χ0v) is 10.8. The van der Waals surface area contributed by atoms with Crippen molar-refractivity contribution in [3.63, 3.8) is 0 Å². The second-order valence-electron chi connectivity index (χ2n) is 3.08. The molecular formula is C12H17BrO3. The van der Waals surface area contributed by atoms with Crippen LogP contribution in [0.15, 0.2) is 30.3 Å². The molecule has 90 valence electrons. The van der Waals surface area contributed by atoms with E-state index in [2.05, 4.69) is 15.9 Å². The zero-order chi connectivity index (χ0) is 11.5. The van der Waals surface area contributed by atoms with Crippen LogP contribution in [0.1, 0.15) is 0 Å². The number of ether oxygens (including phenoxy) is 3. The Hall–Kier alpha value is -0.580. The Morgan fingerprint density at radius 3 is 2.12 bits per heavy atom. The molecule has 1 aromatic carbocycles. The molecule has 0 fully saturated rings. The van der Waals surface area contributed by atoms with E-state index in [-0.39, 0.29) is 0 Å². The van der Waals surface area contributed by atoms with Crippen molar-refractivity contribution in [1.29, 1.82) is 0 Å². The Balaban J connectivity index is 1.89. The average Bonchev–Trinajstić information content (AvgIpc) is 2.34. The molecule has 1 rings (SSSR count). The van der Waals surface area contributed by atoms with Gasteiger partial charge in [-0.3, -0.25) is 0 Å². The predicted molar refractivity (Wildman–Crippen MR) is 67.4 cm³/mol. The van der Waals surface area contributed by atoms with Crippen molar-refractivity contribution in [1.82, 2.24) is 0 Å². The largest absolute Gasteiger partial charge is 0.491 e. The van der Waals surface area contributed by atoms with E-state index in [0.29, 0.717) is 26.4 Å². The smallest absolute Gasteiger partial charge is 0.119 e. The van der Waals surface area contributed by atoms with Crippen LogP contribution in [0.2, 0.25) is 0 Å². The quantitative estimate of drug-likeness (QED) is 0.516. The minimum Gasteiger partial charge on any atom is -0.491 e. The lowest BCUT2D eigenvalue weighted by Gasteiger charge is -2.07. The number of para-hydroxylation sites is 1. The highest BCUT2D eigenvalue weighted by Crippen LogP contribution is 2.07. The van der Waals surface area contributed by atoms with Crippen LogP contribution >= 0.6 is 15.9 Å². The number of rotatable bonds is 9. The van der Waals surface area contributed by atoms with Gasteiger partial charge in [0.1, 0.15) is 12.4 Å². The van der Waals surface area contributed by atoms with E-state index < -0.39 is 0 Å². The lowest BCUT2D eigenvalue weighted by Crippen LogP contribution is -2.11. The summed E-state index contributed by atoms with van der Waals surface area (Å²) in [6.45, 7) is 3.14. The second kappa shape index (κ2) is 9.63. The summed E-state index contributed by atoms with van der Waals surface area (Å²) in [5, 5.41) is 0.865. The van der Waals surface area contributed by atoms with Crippen molar-refractivity contribution in [3.05, 3.63) is 30.3 Å². The molecule has 0 unspecified atom stereocenters. The molecule has 0 atom stereocenters. The molecular weight excluding hydrogens is 272 g/mol. The van der Waals surface area contributed by atoms with Crippen molar-refractivity contribution < 1.29 is 14.2 Å². The Bertz CT molecular complexity index is 254. The zero-order valence-electron chi connectivity index (χ0n) is 9.23. The molecule has 0 amide bonds. The minimum absolute atomic E-state index is 0.572. The van der Waals surface area contributed by atoms with Gasteiger partial charge in [0.15, 0.2) is 0 Å². The molecule has 1 aromatic rings.